The van der Waals surface area contributed by atoms with Crippen molar-refractivity contribution in [3.8, 4) is 0 Å². The number of carbonyl (C=O) groups is 1. The van der Waals surface area contributed by atoms with E-state index in [1.54, 1.807) is 7.05 Å². The maximum Gasteiger partial charge on any atom is 0.281 e. The van der Waals surface area contributed by atoms with Gasteiger partial charge in [0.15, 0.2) is 9.04 Å². The van der Waals surface area contributed by atoms with Crippen molar-refractivity contribution in [3.63, 3.8) is 0 Å². The summed E-state index contributed by atoms with van der Waals surface area (Å²) in [7, 11) is 1.77. The fourth-order valence-electron chi connectivity index (χ4n) is 2.05. The molecule has 0 aliphatic carbocycles. The molecule has 0 bridgehead atoms. The fraction of sp³-hybridized carbons (Fsp3) is 0.500. The highest BCUT2D eigenvalue weighted by Gasteiger charge is 2.23. The van der Waals surface area contributed by atoms with E-state index in [4.69, 9.17) is 13.7 Å². The van der Waals surface area contributed by atoms with Crippen molar-refractivity contribution in [2.24, 2.45) is 0 Å². The van der Waals surface area contributed by atoms with E-state index in [-0.39, 0.29) is 18.4 Å². The molecule has 1 atom stereocenters. The summed E-state index contributed by atoms with van der Waals surface area (Å²) in [6, 6.07) is 5.81. The van der Waals surface area contributed by atoms with E-state index in [1.165, 1.54) is 18.4 Å². The van der Waals surface area contributed by atoms with Crippen LogP contribution in [0.5, 0.6) is 0 Å². The number of nitrogens with zero attached hydrogens (tertiary/aromatic N) is 1. The Labute approximate surface area is 146 Å². The molecule has 1 aromatic heterocycles. The SMILES string of the molecule is C.CON(C)C(=O)c1coc2cc(CO[SiH](C)C(C)(C)C)ccc12. The number of furan rings is 1. The summed E-state index contributed by atoms with van der Waals surface area (Å²) in [5.41, 5.74) is 2.23. The van der Waals surface area contributed by atoms with Gasteiger partial charge in [-0.05, 0) is 29.3 Å². The van der Waals surface area contributed by atoms with Crippen LogP contribution in [-0.2, 0) is 15.9 Å². The van der Waals surface area contributed by atoms with Crippen LogP contribution >= 0.6 is 0 Å². The van der Waals surface area contributed by atoms with Crippen LogP contribution in [0.4, 0.5) is 0 Å². The van der Waals surface area contributed by atoms with Crippen LogP contribution in [0.15, 0.2) is 28.9 Å². The van der Waals surface area contributed by atoms with E-state index in [0.29, 0.717) is 17.8 Å². The highest BCUT2D eigenvalue weighted by atomic mass is 28.3. The molecular formula is C18H29NO4Si. The number of hydrogen-bond acceptors (Lipinski definition) is 4. The second kappa shape index (κ2) is 7.96. The van der Waals surface area contributed by atoms with Gasteiger partial charge in [-0.15, -0.1) is 0 Å². The maximum absolute atomic E-state index is 12.2. The third-order valence-corrected chi connectivity index (χ3v) is 7.26. The first-order chi connectivity index (χ1) is 10.7. The summed E-state index contributed by atoms with van der Waals surface area (Å²) in [4.78, 5) is 17.1. The van der Waals surface area contributed by atoms with Crippen LogP contribution in [0.25, 0.3) is 11.0 Å². The zero-order valence-electron chi connectivity index (χ0n) is 14.7. The predicted octanol–water partition coefficient (Wildman–Crippen LogP) is 4.37. The fourth-order valence-corrected chi connectivity index (χ4v) is 2.99. The van der Waals surface area contributed by atoms with E-state index >= 15 is 0 Å². The molecule has 0 N–H and O–H groups in total. The van der Waals surface area contributed by atoms with Crippen LogP contribution < -0.4 is 0 Å². The van der Waals surface area contributed by atoms with Crippen molar-refractivity contribution in [1.29, 1.82) is 0 Å². The molecule has 0 saturated carbocycles. The van der Waals surface area contributed by atoms with Gasteiger partial charge < -0.3 is 8.84 Å². The van der Waals surface area contributed by atoms with Gasteiger partial charge in [0.2, 0.25) is 0 Å². The van der Waals surface area contributed by atoms with Crippen molar-refractivity contribution in [1.82, 2.24) is 5.06 Å². The highest BCUT2D eigenvalue weighted by molar-refractivity contribution is 6.53. The minimum Gasteiger partial charge on any atom is -0.463 e. The van der Waals surface area contributed by atoms with Gasteiger partial charge in [-0.2, -0.15) is 0 Å². The number of rotatable bonds is 5. The van der Waals surface area contributed by atoms with E-state index in [1.807, 2.05) is 18.2 Å². The minimum absolute atomic E-state index is 0. The van der Waals surface area contributed by atoms with Crippen LogP contribution in [0.1, 0.15) is 44.1 Å². The normalized spacial score (nSPS) is 12.8. The van der Waals surface area contributed by atoms with Crippen molar-refractivity contribution >= 4 is 25.9 Å². The zero-order valence-corrected chi connectivity index (χ0v) is 15.8. The summed E-state index contributed by atoms with van der Waals surface area (Å²) in [6.45, 7) is 9.42. The van der Waals surface area contributed by atoms with Crippen molar-refractivity contribution in [2.45, 2.75) is 46.4 Å². The summed E-state index contributed by atoms with van der Waals surface area (Å²) in [5, 5.41) is 2.19. The lowest BCUT2D eigenvalue weighted by Gasteiger charge is -2.25. The lowest BCUT2D eigenvalue weighted by atomic mass is 10.1. The second-order valence-electron chi connectivity index (χ2n) is 6.78. The van der Waals surface area contributed by atoms with Crippen molar-refractivity contribution in [3.05, 3.63) is 35.6 Å². The van der Waals surface area contributed by atoms with Gasteiger partial charge >= 0.3 is 0 Å². The van der Waals surface area contributed by atoms with E-state index < -0.39 is 9.04 Å². The lowest BCUT2D eigenvalue weighted by Crippen LogP contribution is -2.25. The summed E-state index contributed by atoms with van der Waals surface area (Å²) in [6.07, 6.45) is 1.47. The average molecular weight is 352 g/mol. The third-order valence-electron chi connectivity index (χ3n) is 4.15. The number of fused-ring (bicyclic) bond motifs is 1. The van der Waals surface area contributed by atoms with Gasteiger partial charge in [0.05, 0.1) is 19.3 Å². The largest absolute Gasteiger partial charge is 0.463 e. The minimum atomic E-state index is -1.26. The Morgan fingerprint density at radius 3 is 2.58 bits per heavy atom. The topological polar surface area (TPSA) is 51.9 Å². The molecule has 134 valence electrons. The molecule has 0 saturated heterocycles. The summed E-state index contributed by atoms with van der Waals surface area (Å²) < 4.78 is 11.6. The molecule has 1 heterocycles. The molecule has 2 rings (SSSR count). The molecule has 2 aromatic rings. The average Bonchev–Trinajstić information content (AvgIpc) is 2.93. The molecule has 5 nitrogen and oxygen atoms in total. The number of benzene rings is 1. The molecule has 0 aliphatic rings. The molecule has 1 aromatic carbocycles. The summed E-state index contributed by atoms with van der Waals surface area (Å²) in [5.74, 6) is -0.232. The molecule has 0 spiro atoms. The monoisotopic (exact) mass is 351 g/mol. The van der Waals surface area contributed by atoms with Crippen LogP contribution in [-0.4, -0.2) is 34.2 Å². The third kappa shape index (κ3) is 4.46. The van der Waals surface area contributed by atoms with Crippen LogP contribution in [0, 0.1) is 0 Å². The van der Waals surface area contributed by atoms with E-state index in [0.717, 1.165) is 10.9 Å². The van der Waals surface area contributed by atoms with Crippen molar-refractivity contribution < 1.29 is 18.5 Å². The molecular weight excluding hydrogens is 322 g/mol. The number of hydroxylamine groups is 2. The second-order valence-corrected chi connectivity index (χ2v) is 10.1. The van der Waals surface area contributed by atoms with Gasteiger partial charge in [0.25, 0.3) is 5.91 Å². The Kier molecular flexibility index (Phi) is 6.77. The zero-order chi connectivity index (χ0) is 17.2. The summed E-state index contributed by atoms with van der Waals surface area (Å²) >= 11 is 0. The molecule has 1 unspecified atom stereocenters. The van der Waals surface area contributed by atoms with Gasteiger partial charge in [-0.1, -0.05) is 34.3 Å². The molecule has 0 radical (unpaired) electrons. The van der Waals surface area contributed by atoms with Gasteiger partial charge in [0, 0.05) is 12.4 Å². The molecule has 0 fully saturated rings. The number of hydrogen-bond donors (Lipinski definition) is 0. The van der Waals surface area contributed by atoms with E-state index in [9.17, 15) is 4.79 Å². The van der Waals surface area contributed by atoms with E-state index in [2.05, 4.69) is 27.3 Å². The first-order valence-electron chi connectivity index (χ1n) is 7.68. The number of amides is 1. The van der Waals surface area contributed by atoms with Gasteiger partial charge in [-0.3, -0.25) is 9.63 Å². The first kappa shape index (κ1) is 20.4. The van der Waals surface area contributed by atoms with Crippen molar-refractivity contribution in [2.75, 3.05) is 14.2 Å². The van der Waals surface area contributed by atoms with Gasteiger partial charge in [0.1, 0.15) is 11.8 Å². The Hall–Kier alpha value is -1.63. The molecule has 1 amide bonds. The van der Waals surface area contributed by atoms with Crippen LogP contribution in [0.3, 0.4) is 0 Å². The smallest absolute Gasteiger partial charge is 0.281 e. The van der Waals surface area contributed by atoms with Crippen LogP contribution in [0.2, 0.25) is 11.6 Å². The standard InChI is InChI=1S/C17H25NO4Si.CH4/c1-17(2,3)23(6)22-10-12-7-8-13-14(11-21-15(13)9-12)16(19)18(4)20-5;/h7-9,11,23H,10H2,1-6H3;1H4. The Morgan fingerprint density at radius 2 is 2.00 bits per heavy atom. The Balaban J connectivity index is 0.00000288. The first-order valence-corrected chi connectivity index (χ1v) is 9.88. The van der Waals surface area contributed by atoms with Gasteiger partial charge in [-0.25, -0.2) is 5.06 Å². The quantitative estimate of drug-likeness (QED) is 0.593. The number of carbonyl (C=O) groups excluding carboxylic acids is 1. The maximum atomic E-state index is 12.2. The highest BCUT2D eigenvalue weighted by Crippen LogP contribution is 2.28. The predicted molar refractivity (Wildman–Crippen MR) is 99.6 cm³/mol. The Morgan fingerprint density at radius 1 is 1.33 bits per heavy atom. The molecule has 24 heavy (non-hydrogen) atoms. The lowest BCUT2D eigenvalue weighted by molar-refractivity contribution is -0.0756. The molecule has 6 heteroatoms. The molecule has 0 aliphatic heterocycles. The Bertz CT molecular complexity index is 690.